The molecule has 15 heteroatoms. The first-order valence-electron chi connectivity index (χ1n) is 11.5. The zero-order chi connectivity index (χ0) is 28.4. The molecule has 206 valence electrons. The lowest BCUT2D eigenvalue weighted by Crippen LogP contribution is -2.58. The quantitative estimate of drug-likeness (QED) is 0.111. The molecule has 5 amide bonds. The lowest BCUT2D eigenvalue weighted by molar-refractivity contribution is -0.142. The van der Waals surface area contributed by atoms with Crippen LogP contribution in [0.5, 0.6) is 0 Å². The van der Waals surface area contributed by atoms with Gasteiger partial charge in [-0.2, -0.15) is 0 Å². The Hall–Kier alpha value is -4.50. The Balaban J connectivity index is 2.26. The van der Waals surface area contributed by atoms with Crippen molar-refractivity contribution < 1.29 is 39.0 Å². The summed E-state index contributed by atoms with van der Waals surface area (Å²) in [4.78, 5) is 75.0. The van der Waals surface area contributed by atoms with E-state index in [1.165, 1.54) is 0 Å². The first-order valence-corrected chi connectivity index (χ1v) is 11.5. The van der Waals surface area contributed by atoms with E-state index in [2.05, 4.69) is 20.9 Å². The molecule has 0 spiro atoms. The maximum atomic E-state index is 13.1. The van der Waals surface area contributed by atoms with Gasteiger partial charge >= 0.3 is 5.97 Å². The number of nitrogens with one attached hydrogen (secondary N) is 4. The summed E-state index contributed by atoms with van der Waals surface area (Å²) in [5.74, 6) is -5.83. The van der Waals surface area contributed by atoms with Crippen LogP contribution in [0.4, 0.5) is 0 Å². The van der Waals surface area contributed by atoms with Gasteiger partial charge in [0.25, 0.3) is 0 Å². The topological polar surface area (TPSA) is 273 Å². The number of nitrogens with two attached hydrogens (primary N) is 3. The van der Waals surface area contributed by atoms with Gasteiger partial charge < -0.3 is 48.3 Å². The predicted octanol–water partition coefficient (Wildman–Crippen LogP) is -3.29. The van der Waals surface area contributed by atoms with Crippen LogP contribution in [0, 0.1) is 0 Å². The summed E-state index contributed by atoms with van der Waals surface area (Å²) < 4.78 is 0. The van der Waals surface area contributed by atoms with Gasteiger partial charge in [-0.15, -0.1) is 0 Å². The molecule has 4 atom stereocenters. The van der Waals surface area contributed by atoms with E-state index in [-0.39, 0.29) is 19.3 Å². The highest BCUT2D eigenvalue weighted by atomic mass is 16.4. The summed E-state index contributed by atoms with van der Waals surface area (Å²) >= 11 is 0. The minimum absolute atomic E-state index is 0.100. The summed E-state index contributed by atoms with van der Waals surface area (Å²) in [6, 6.07) is 1.38. The number of aromatic amines is 1. The molecule has 2 rings (SSSR count). The van der Waals surface area contributed by atoms with Gasteiger partial charge in [-0.05, 0) is 18.1 Å². The fourth-order valence-corrected chi connectivity index (χ4v) is 3.60. The van der Waals surface area contributed by atoms with E-state index in [0.29, 0.717) is 5.56 Å². The second-order valence-electron chi connectivity index (χ2n) is 8.55. The molecular weight excluding hydrogens is 502 g/mol. The zero-order valence-corrected chi connectivity index (χ0v) is 20.3. The number of H-pyrrole nitrogens is 1. The second kappa shape index (κ2) is 13.7. The smallest absolute Gasteiger partial charge is 0.326 e. The number of fused-ring (bicyclic) bond motifs is 1. The van der Waals surface area contributed by atoms with E-state index in [1.807, 2.05) is 0 Å². The van der Waals surface area contributed by atoms with Crippen LogP contribution >= 0.6 is 0 Å². The number of para-hydroxylation sites is 1. The SMILES string of the molecule is NC(=O)CCC(NC(=O)C(Cc1c[nH]c2ccccc12)NC(=O)C(CO)NC(=O)C(N)CC(N)=O)C(=O)O. The second-order valence-corrected chi connectivity index (χ2v) is 8.55. The van der Waals surface area contributed by atoms with Gasteiger partial charge in [-0.25, -0.2) is 4.79 Å². The summed E-state index contributed by atoms with van der Waals surface area (Å²) in [6.07, 6.45) is 0.432. The number of aliphatic hydroxyl groups excluding tert-OH is 1. The number of carboxylic acids is 1. The number of aromatic nitrogens is 1. The molecule has 15 nitrogen and oxygen atoms in total. The average molecular weight is 534 g/mol. The predicted molar refractivity (Wildman–Crippen MR) is 133 cm³/mol. The van der Waals surface area contributed by atoms with Crippen LogP contribution in [0.3, 0.4) is 0 Å². The third kappa shape index (κ3) is 8.56. The van der Waals surface area contributed by atoms with Crippen LogP contribution in [0.15, 0.2) is 30.5 Å². The van der Waals surface area contributed by atoms with Crippen molar-refractivity contribution in [3.63, 3.8) is 0 Å². The molecule has 0 bridgehead atoms. The lowest BCUT2D eigenvalue weighted by atomic mass is 10.0. The minimum Gasteiger partial charge on any atom is -0.480 e. The van der Waals surface area contributed by atoms with Gasteiger partial charge in [-0.3, -0.25) is 24.0 Å². The summed E-state index contributed by atoms with van der Waals surface area (Å²) in [5, 5.41) is 26.7. The Bertz CT molecular complexity index is 1200. The van der Waals surface area contributed by atoms with Gasteiger partial charge in [0.2, 0.25) is 29.5 Å². The largest absolute Gasteiger partial charge is 0.480 e. The molecule has 0 aliphatic rings. The van der Waals surface area contributed by atoms with E-state index in [0.717, 1.165) is 10.9 Å². The molecule has 38 heavy (non-hydrogen) atoms. The maximum absolute atomic E-state index is 13.1. The molecule has 0 saturated carbocycles. The Labute approximate surface area is 216 Å². The van der Waals surface area contributed by atoms with Gasteiger partial charge in [0.05, 0.1) is 19.1 Å². The summed E-state index contributed by atoms with van der Waals surface area (Å²) in [7, 11) is 0. The van der Waals surface area contributed by atoms with Crippen molar-refractivity contribution in [1.82, 2.24) is 20.9 Å². The molecule has 0 radical (unpaired) electrons. The minimum atomic E-state index is -1.55. The fraction of sp³-hybridized carbons (Fsp3) is 0.391. The number of benzene rings is 1. The normalized spacial score (nSPS) is 14.1. The maximum Gasteiger partial charge on any atom is 0.326 e. The number of hydrogen-bond acceptors (Lipinski definition) is 8. The van der Waals surface area contributed by atoms with Gasteiger partial charge in [0.1, 0.15) is 18.1 Å². The molecule has 2 aromatic rings. The first kappa shape index (κ1) is 29.7. The van der Waals surface area contributed by atoms with Crippen LogP contribution < -0.4 is 33.2 Å². The molecule has 0 fully saturated rings. The summed E-state index contributed by atoms with van der Waals surface area (Å²) in [5.41, 5.74) is 17.0. The van der Waals surface area contributed by atoms with Crippen LogP contribution in [0.1, 0.15) is 24.8 Å². The Morgan fingerprint density at radius 3 is 2.08 bits per heavy atom. The van der Waals surface area contributed by atoms with Crippen molar-refractivity contribution in [3.8, 4) is 0 Å². The van der Waals surface area contributed by atoms with Gasteiger partial charge in [0, 0.05) is 29.9 Å². The number of carbonyl (C=O) groups excluding carboxylic acids is 5. The molecular formula is C23H31N7O8. The molecule has 1 aromatic carbocycles. The molecule has 1 aromatic heterocycles. The number of rotatable bonds is 15. The van der Waals surface area contributed by atoms with Crippen molar-refractivity contribution in [2.45, 2.75) is 49.9 Å². The van der Waals surface area contributed by atoms with Crippen LogP contribution in [-0.4, -0.2) is 81.5 Å². The standard InChI is InChI=1S/C23H31N7O8/c24-13(8-19(26)33)20(34)30-17(10-31)22(36)29-16(7-11-9-27-14-4-2-1-3-12(11)14)21(35)28-15(23(37)38)5-6-18(25)32/h1-4,9,13,15-17,27,31H,5-8,10,24H2,(H2,25,32)(H2,26,33)(H,28,35)(H,29,36)(H,30,34)(H,37,38). The third-order valence-corrected chi connectivity index (χ3v) is 5.60. The van der Waals surface area contributed by atoms with Crippen molar-refractivity contribution in [3.05, 3.63) is 36.0 Å². The molecule has 0 aliphatic heterocycles. The van der Waals surface area contributed by atoms with Gasteiger partial charge in [0.15, 0.2) is 0 Å². The van der Waals surface area contributed by atoms with E-state index in [9.17, 15) is 39.0 Å². The number of aliphatic hydroxyl groups is 1. The van der Waals surface area contributed by atoms with E-state index >= 15 is 0 Å². The average Bonchev–Trinajstić information content (AvgIpc) is 3.26. The number of hydrogen-bond donors (Lipinski definition) is 9. The van der Waals surface area contributed by atoms with Crippen molar-refractivity contribution >= 4 is 46.4 Å². The van der Waals surface area contributed by atoms with Crippen molar-refractivity contribution in [1.29, 1.82) is 0 Å². The zero-order valence-electron chi connectivity index (χ0n) is 20.3. The monoisotopic (exact) mass is 533 g/mol. The third-order valence-electron chi connectivity index (χ3n) is 5.60. The van der Waals surface area contributed by atoms with E-state index in [4.69, 9.17) is 17.2 Å². The van der Waals surface area contributed by atoms with Crippen LogP contribution in [-0.2, 0) is 35.2 Å². The lowest BCUT2D eigenvalue weighted by Gasteiger charge is -2.24. The number of amides is 5. The van der Waals surface area contributed by atoms with Gasteiger partial charge in [-0.1, -0.05) is 18.2 Å². The number of carboxylic acid groups (broad SMARTS) is 1. The molecule has 0 saturated heterocycles. The van der Waals surface area contributed by atoms with Crippen LogP contribution in [0.25, 0.3) is 10.9 Å². The highest BCUT2D eigenvalue weighted by Crippen LogP contribution is 2.19. The van der Waals surface area contributed by atoms with E-state index in [1.54, 1.807) is 30.5 Å². The Morgan fingerprint density at radius 1 is 0.868 bits per heavy atom. The van der Waals surface area contributed by atoms with Crippen LogP contribution in [0.2, 0.25) is 0 Å². The molecule has 4 unspecified atom stereocenters. The highest BCUT2D eigenvalue weighted by molar-refractivity contribution is 5.95. The van der Waals surface area contributed by atoms with E-state index < -0.39 is 72.7 Å². The number of carbonyl (C=O) groups is 6. The first-order chi connectivity index (χ1) is 17.9. The number of primary amides is 2. The summed E-state index contributed by atoms with van der Waals surface area (Å²) in [6.45, 7) is -0.876. The Kier molecular flexibility index (Phi) is 10.7. The van der Waals surface area contributed by atoms with Crippen molar-refractivity contribution in [2.24, 2.45) is 17.2 Å². The number of aliphatic carboxylic acids is 1. The highest BCUT2D eigenvalue weighted by Gasteiger charge is 2.31. The molecule has 12 N–H and O–H groups in total. The molecule has 0 aliphatic carbocycles. The molecule has 1 heterocycles. The fourth-order valence-electron chi connectivity index (χ4n) is 3.60. The van der Waals surface area contributed by atoms with Crippen molar-refractivity contribution in [2.75, 3.05) is 6.61 Å². The Morgan fingerprint density at radius 2 is 1.47 bits per heavy atom.